The molecule has 0 saturated heterocycles. The Balaban J connectivity index is 1.72. The zero-order valence-electron chi connectivity index (χ0n) is 18.3. The summed E-state index contributed by atoms with van der Waals surface area (Å²) >= 11 is 0. The number of carbonyl (C=O) groups excluding carboxylic acids is 1. The average molecular weight is 443 g/mol. The van der Waals surface area contributed by atoms with Gasteiger partial charge >= 0.3 is 6.03 Å². The van der Waals surface area contributed by atoms with Gasteiger partial charge in [0.05, 0.1) is 17.2 Å². The van der Waals surface area contributed by atoms with Crippen LogP contribution in [0.4, 0.5) is 19.3 Å². The molecule has 0 radical (unpaired) electrons. The number of anilines is 1. The number of likely N-dealkylation sites (N-methyl/N-ethyl adjacent to an activating group) is 1. The van der Waals surface area contributed by atoms with Gasteiger partial charge in [-0.25, -0.2) is 13.6 Å². The third-order valence-electron chi connectivity index (χ3n) is 5.97. The normalized spacial score (nSPS) is 20.6. The minimum atomic E-state index is -1.05. The maximum Gasteiger partial charge on any atom is 0.322 e. The molecule has 0 unspecified atom stereocenters. The van der Waals surface area contributed by atoms with Crippen LogP contribution in [0.2, 0.25) is 0 Å². The highest BCUT2D eigenvalue weighted by Gasteiger charge is 2.38. The SMILES string of the molecule is CN(C)CCN(C(=O)Nc1ccc(F)c(F)c1)[C@H]1CC[C@](O)(c2cccc(C#N)c2)CC1. The lowest BCUT2D eigenvalue weighted by atomic mass is 9.77. The maximum absolute atomic E-state index is 13.5. The quantitative estimate of drug-likeness (QED) is 0.707. The van der Waals surface area contributed by atoms with Crippen LogP contribution in [0.5, 0.6) is 0 Å². The van der Waals surface area contributed by atoms with Crippen molar-refractivity contribution >= 4 is 11.7 Å². The van der Waals surface area contributed by atoms with Crippen LogP contribution in [0.25, 0.3) is 0 Å². The average Bonchev–Trinajstić information content (AvgIpc) is 2.77. The molecule has 6 nitrogen and oxygen atoms in total. The van der Waals surface area contributed by atoms with Gasteiger partial charge in [0.2, 0.25) is 0 Å². The second-order valence-corrected chi connectivity index (χ2v) is 8.51. The maximum atomic E-state index is 13.5. The monoisotopic (exact) mass is 442 g/mol. The summed E-state index contributed by atoms with van der Waals surface area (Å²) in [4.78, 5) is 16.7. The minimum Gasteiger partial charge on any atom is -0.385 e. The van der Waals surface area contributed by atoms with E-state index < -0.39 is 17.2 Å². The topological polar surface area (TPSA) is 79.6 Å². The van der Waals surface area contributed by atoms with Gasteiger partial charge in [0.25, 0.3) is 0 Å². The Kier molecular flexibility index (Phi) is 7.44. The van der Waals surface area contributed by atoms with Gasteiger partial charge < -0.3 is 20.2 Å². The summed E-state index contributed by atoms with van der Waals surface area (Å²) in [5, 5.41) is 23.0. The van der Waals surface area contributed by atoms with Crippen molar-refractivity contribution in [3.8, 4) is 6.07 Å². The largest absolute Gasteiger partial charge is 0.385 e. The molecule has 32 heavy (non-hydrogen) atoms. The molecule has 3 rings (SSSR count). The number of amides is 2. The lowest BCUT2D eigenvalue weighted by molar-refractivity contribution is -0.0196. The predicted molar refractivity (Wildman–Crippen MR) is 118 cm³/mol. The van der Waals surface area contributed by atoms with Gasteiger partial charge in [-0.05, 0) is 69.6 Å². The Hall–Kier alpha value is -3.02. The van der Waals surface area contributed by atoms with Crippen LogP contribution in [0.15, 0.2) is 42.5 Å². The van der Waals surface area contributed by atoms with E-state index in [0.29, 0.717) is 49.9 Å². The highest BCUT2D eigenvalue weighted by Crippen LogP contribution is 2.39. The Morgan fingerprint density at radius 2 is 1.88 bits per heavy atom. The van der Waals surface area contributed by atoms with Crippen LogP contribution in [-0.2, 0) is 5.60 Å². The van der Waals surface area contributed by atoms with Crippen LogP contribution < -0.4 is 5.32 Å². The summed E-state index contributed by atoms with van der Waals surface area (Å²) in [5.74, 6) is -2.00. The van der Waals surface area contributed by atoms with Crippen molar-refractivity contribution in [1.82, 2.24) is 9.80 Å². The van der Waals surface area contributed by atoms with Crippen molar-refractivity contribution in [2.75, 3.05) is 32.5 Å². The molecule has 2 N–H and O–H groups in total. The molecule has 1 aliphatic carbocycles. The fourth-order valence-electron chi connectivity index (χ4n) is 4.09. The smallest absolute Gasteiger partial charge is 0.322 e. The number of halogens is 2. The van der Waals surface area contributed by atoms with E-state index in [1.165, 1.54) is 6.07 Å². The first-order chi connectivity index (χ1) is 15.2. The van der Waals surface area contributed by atoms with Gasteiger partial charge in [-0.3, -0.25) is 0 Å². The van der Waals surface area contributed by atoms with Gasteiger partial charge in [-0.2, -0.15) is 5.26 Å². The van der Waals surface area contributed by atoms with E-state index in [4.69, 9.17) is 5.26 Å². The van der Waals surface area contributed by atoms with Crippen LogP contribution in [0.3, 0.4) is 0 Å². The van der Waals surface area contributed by atoms with Crippen LogP contribution in [0, 0.1) is 23.0 Å². The van der Waals surface area contributed by atoms with Gasteiger partial charge in [-0.1, -0.05) is 12.1 Å². The molecule has 0 aliphatic heterocycles. The predicted octanol–water partition coefficient (Wildman–Crippen LogP) is 4.06. The highest BCUT2D eigenvalue weighted by molar-refractivity contribution is 5.89. The number of aliphatic hydroxyl groups is 1. The molecule has 1 aliphatic rings. The summed E-state index contributed by atoms with van der Waals surface area (Å²) in [6, 6.07) is 11.8. The molecule has 0 aromatic heterocycles. The van der Waals surface area contributed by atoms with Crippen LogP contribution >= 0.6 is 0 Å². The lowest BCUT2D eigenvalue weighted by Gasteiger charge is -2.41. The summed E-state index contributed by atoms with van der Waals surface area (Å²) in [5.41, 5.74) is 0.342. The van der Waals surface area contributed by atoms with Gasteiger partial charge in [0, 0.05) is 30.9 Å². The van der Waals surface area contributed by atoms with E-state index in [0.717, 1.165) is 12.1 Å². The first-order valence-corrected chi connectivity index (χ1v) is 10.6. The number of hydrogen-bond acceptors (Lipinski definition) is 4. The molecule has 2 aromatic rings. The first-order valence-electron chi connectivity index (χ1n) is 10.6. The molecular weight excluding hydrogens is 414 g/mol. The van der Waals surface area contributed by atoms with Crippen molar-refractivity contribution in [2.45, 2.75) is 37.3 Å². The fourth-order valence-corrected chi connectivity index (χ4v) is 4.09. The molecule has 8 heteroatoms. The second-order valence-electron chi connectivity index (χ2n) is 8.51. The fraction of sp³-hybridized carbons (Fsp3) is 0.417. The van der Waals surface area contributed by atoms with Crippen LogP contribution in [-0.4, -0.2) is 54.2 Å². The Morgan fingerprint density at radius 1 is 1.16 bits per heavy atom. The molecule has 1 saturated carbocycles. The number of rotatable bonds is 6. The van der Waals surface area contributed by atoms with E-state index >= 15 is 0 Å². The third kappa shape index (κ3) is 5.61. The van der Waals surface area contributed by atoms with E-state index in [1.54, 1.807) is 23.1 Å². The summed E-state index contributed by atoms with van der Waals surface area (Å²) in [7, 11) is 3.82. The molecule has 1 fully saturated rings. The minimum absolute atomic E-state index is 0.111. The highest BCUT2D eigenvalue weighted by atomic mass is 19.2. The first kappa shape index (κ1) is 23.6. The Labute approximate surface area is 187 Å². The molecular formula is C24H28F2N4O2. The molecule has 170 valence electrons. The zero-order chi connectivity index (χ0) is 23.3. The number of nitrogens with zero attached hydrogens (tertiary/aromatic N) is 3. The molecule has 2 aromatic carbocycles. The van der Waals surface area contributed by atoms with Crippen molar-refractivity contribution in [3.63, 3.8) is 0 Å². The van der Waals surface area contributed by atoms with Gasteiger partial charge in [0.15, 0.2) is 11.6 Å². The Bertz CT molecular complexity index is 998. The second kappa shape index (κ2) is 10.1. The third-order valence-corrected chi connectivity index (χ3v) is 5.97. The van der Waals surface area contributed by atoms with E-state index in [1.807, 2.05) is 25.1 Å². The molecule has 0 spiro atoms. The number of nitriles is 1. The van der Waals surface area contributed by atoms with Crippen molar-refractivity contribution in [3.05, 3.63) is 65.2 Å². The standard InChI is InChI=1S/C24H28F2N4O2/c1-29(2)12-13-30(23(31)28-19-6-7-21(25)22(26)15-19)20-8-10-24(32,11-9-20)18-5-3-4-17(14-18)16-27/h3-7,14-15,20,32H,8-13H2,1-2H3,(H,28,31)/t20-,24+. The van der Waals surface area contributed by atoms with Crippen molar-refractivity contribution in [1.29, 1.82) is 5.26 Å². The number of nitrogens with one attached hydrogen (secondary N) is 1. The van der Waals surface area contributed by atoms with Crippen molar-refractivity contribution < 1.29 is 18.7 Å². The van der Waals surface area contributed by atoms with E-state index in [2.05, 4.69) is 11.4 Å². The number of hydrogen-bond donors (Lipinski definition) is 2. The number of carbonyl (C=O) groups is 1. The van der Waals surface area contributed by atoms with Crippen LogP contribution in [0.1, 0.15) is 36.8 Å². The molecule has 0 heterocycles. The summed E-state index contributed by atoms with van der Waals surface area (Å²) < 4.78 is 26.8. The van der Waals surface area contributed by atoms with Gasteiger partial charge in [0.1, 0.15) is 0 Å². The van der Waals surface area contributed by atoms with E-state index in [9.17, 15) is 18.7 Å². The summed E-state index contributed by atoms with van der Waals surface area (Å²) in [6.07, 6.45) is 2.05. The molecule has 2 amide bonds. The molecule has 0 bridgehead atoms. The zero-order valence-corrected chi connectivity index (χ0v) is 18.3. The van der Waals surface area contributed by atoms with Crippen molar-refractivity contribution in [2.24, 2.45) is 0 Å². The Morgan fingerprint density at radius 3 is 2.50 bits per heavy atom. The number of urea groups is 1. The summed E-state index contributed by atoms with van der Waals surface area (Å²) in [6.45, 7) is 1.09. The molecule has 0 atom stereocenters. The lowest BCUT2D eigenvalue weighted by Crippen LogP contribution is -2.49. The van der Waals surface area contributed by atoms with Gasteiger partial charge in [-0.15, -0.1) is 0 Å². The number of benzene rings is 2. The van der Waals surface area contributed by atoms with E-state index in [-0.39, 0.29) is 17.8 Å².